The zero-order valence-electron chi connectivity index (χ0n) is 54.6. The Balaban J connectivity index is 0.000000137. The fraction of sp³-hybridized carbons (Fsp3) is 0.253. The van der Waals surface area contributed by atoms with Crippen LogP contribution in [-0.4, -0.2) is 46.4 Å². The van der Waals surface area contributed by atoms with Gasteiger partial charge in [0, 0.05) is 53.5 Å². The molecule has 0 atom stereocenters. The van der Waals surface area contributed by atoms with E-state index < -0.39 is 5.79 Å². The molecule has 0 aromatic heterocycles. The lowest BCUT2D eigenvalue weighted by atomic mass is 9.75. The number of ether oxygens (including phenoxy) is 6. The third kappa shape index (κ3) is 13.5. The number of hydrogen-bond donors (Lipinski definition) is 0. The van der Waals surface area contributed by atoms with Gasteiger partial charge in [-0.3, -0.25) is 4.79 Å². The van der Waals surface area contributed by atoms with E-state index >= 15 is 0 Å². The number of benzene rings is 12. The first-order valence-electron chi connectivity index (χ1n) is 33.9. The summed E-state index contributed by atoms with van der Waals surface area (Å²) < 4.78 is 37.5. The van der Waals surface area contributed by atoms with Gasteiger partial charge >= 0.3 is 0 Å². The minimum Gasteiger partial charge on any atom is -0.492 e. The molecule has 1 fully saturated rings. The van der Waals surface area contributed by atoms with Crippen LogP contribution in [0.1, 0.15) is 98.2 Å². The largest absolute Gasteiger partial charge is 0.492 e. The zero-order chi connectivity index (χ0) is 64.2. The first-order chi connectivity index (χ1) is 46.3. The molecule has 474 valence electrons. The number of Topliss-reactive ketones (excluding diaryl/α,β-unsaturated/α-hetero) is 1. The number of fused-ring (bicyclic) bond motifs is 14. The van der Waals surface area contributed by atoms with Gasteiger partial charge < -0.3 is 28.4 Å². The second kappa shape index (κ2) is 29.6. The van der Waals surface area contributed by atoms with Crippen LogP contribution < -0.4 is 18.9 Å². The summed E-state index contributed by atoms with van der Waals surface area (Å²) in [5.41, 5.74) is 10.9. The average molecular weight is 1240 g/mol. The highest BCUT2D eigenvalue weighted by Gasteiger charge is 2.41. The number of unbranched alkanes of at least 4 members (excludes halogenated alkanes) is 1. The lowest BCUT2D eigenvalue weighted by molar-refractivity contribution is -0.176. The van der Waals surface area contributed by atoms with Crippen LogP contribution in [-0.2, 0) is 21.7 Å². The first kappa shape index (κ1) is 63.2. The molecule has 7 nitrogen and oxygen atoms in total. The molecule has 0 radical (unpaired) electrons. The van der Waals surface area contributed by atoms with Crippen molar-refractivity contribution in [3.63, 3.8) is 0 Å². The third-order valence-corrected chi connectivity index (χ3v) is 19.7. The Labute approximate surface area is 554 Å². The van der Waals surface area contributed by atoms with E-state index in [1.165, 1.54) is 131 Å². The van der Waals surface area contributed by atoms with Crippen molar-refractivity contribution >= 4 is 48.9 Å². The van der Waals surface area contributed by atoms with E-state index in [2.05, 4.69) is 208 Å². The molecule has 15 rings (SSSR count). The molecule has 0 N–H and O–H groups in total. The van der Waals surface area contributed by atoms with Crippen LogP contribution in [0.25, 0.3) is 76.5 Å². The molecule has 94 heavy (non-hydrogen) atoms. The minimum atomic E-state index is -1.40. The molecule has 7 heteroatoms. The van der Waals surface area contributed by atoms with Crippen LogP contribution in [0.15, 0.2) is 255 Å². The monoisotopic (exact) mass is 1240 g/mol. The summed E-state index contributed by atoms with van der Waals surface area (Å²) in [6.45, 7) is 7.09. The molecule has 12 aromatic rings. The number of carbonyl (C=O) groups excluding carboxylic acids is 1. The average Bonchev–Trinajstić information content (AvgIpc) is 1.07. The smallest absolute Gasteiger partial charge is 0.260 e. The Kier molecular flexibility index (Phi) is 19.9. The van der Waals surface area contributed by atoms with Crippen LogP contribution in [0, 0.1) is 17.8 Å². The second-order valence-electron chi connectivity index (χ2n) is 25.4. The maximum atomic E-state index is 12.7. The number of ketones is 1. The Morgan fingerprint density at radius 2 is 0.798 bits per heavy atom. The molecule has 0 spiro atoms. The fourth-order valence-electron chi connectivity index (χ4n) is 14.5. The molecular weight excluding hydrogens is 1160 g/mol. The summed E-state index contributed by atoms with van der Waals surface area (Å²) in [7, 11) is 2.94. The van der Waals surface area contributed by atoms with Gasteiger partial charge in [0.2, 0.25) is 5.78 Å². The van der Waals surface area contributed by atoms with E-state index in [0.717, 1.165) is 70.8 Å². The van der Waals surface area contributed by atoms with Gasteiger partial charge in [-0.05, 0) is 127 Å². The normalized spacial score (nSPS) is 15.7. The predicted octanol–water partition coefficient (Wildman–Crippen LogP) is 21.9. The molecule has 1 aliphatic carbocycles. The summed E-state index contributed by atoms with van der Waals surface area (Å²) in [6.07, 6.45) is 11.6. The van der Waals surface area contributed by atoms with Crippen molar-refractivity contribution in [3.8, 4) is 56.4 Å². The lowest BCUT2D eigenvalue weighted by Crippen LogP contribution is -2.39. The summed E-state index contributed by atoms with van der Waals surface area (Å²) in [6, 6.07) is 87.8. The molecule has 2 aliphatic heterocycles. The van der Waals surface area contributed by atoms with Crippen LogP contribution >= 0.6 is 0 Å². The van der Waals surface area contributed by atoms with Crippen LogP contribution in [0.5, 0.6) is 23.0 Å². The molecular formula is C87H84O7. The number of hydrogen-bond acceptors (Lipinski definition) is 7. The van der Waals surface area contributed by atoms with Crippen LogP contribution in [0.3, 0.4) is 0 Å². The SMILES string of the molecule is CCCC1CCC(C2COc3ccc4ccccc4c3-c3c(ccc4ccccc34)OC2)CC1.CCCCc1ccc(-c2ccc(C3COc4ccc5ccccc5c4-c4c(ccc5ccccc45)OC3)cc2)cc1.COC(OC)(C(=O)c1ccccc1)c1ccccc1. The predicted molar refractivity (Wildman–Crippen MR) is 386 cm³/mol. The first-order valence-corrected chi connectivity index (χ1v) is 33.9. The van der Waals surface area contributed by atoms with E-state index in [1.54, 1.807) is 12.1 Å². The molecule has 2 heterocycles. The molecule has 3 aliphatic rings. The van der Waals surface area contributed by atoms with Gasteiger partial charge in [0.05, 0.1) is 32.3 Å². The van der Waals surface area contributed by atoms with Crippen molar-refractivity contribution in [2.24, 2.45) is 17.8 Å². The van der Waals surface area contributed by atoms with E-state index in [4.69, 9.17) is 28.4 Å². The van der Waals surface area contributed by atoms with Crippen molar-refractivity contribution in [1.82, 2.24) is 0 Å². The van der Waals surface area contributed by atoms with Crippen LogP contribution in [0.4, 0.5) is 0 Å². The van der Waals surface area contributed by atoms with Gasteiger partial charge in [0.25, 0.3) is 5.79 Å². The van der Waals surface area contributed by atoms with Crippen molar-refractivity contribution in [2.45, 2.75) is 83.3 Å². The fourth-order valence-corrected chi connectivity index (χ4v) is 14.5. The molecule has 0 bridgehead atoms. The van der Waals surface area contributed by atoms with E-state index in [9.17, 15) is 4.79 Å². The number of carbonyl (C=O) groups is 1. The zero-order valence-corrected chi connectivity index (χ0v) is 54.6. The highest BCUT2D eigenvalue weighted by atomic mass is 16.7. The molecule has 12 aromatic carbocycles. The summed E-state index contributed by atoms with van der Waals surface area (Å²) in [5, 5.41) is 9.64. The maximum absolute atomic E-state index is 12.7. The Bertz CT molecular complexity index is 4330. The molecule has 1 saturated carbocycles. The van der Waals surface area contributed by atoms with Crippen molar-refractivity contribution in [2.75, 3.05) is 40.6 Å². The highest BCUT2D eigenvalue weighted by molar-refractivity contribution is 6.11. The van der Waals surface area contributed by atoms with Gasteiger partial charge in [-0.15, -0.1) is 0 Å². The number of rotatable bonds is 13. The van der Waals surface area contributed by atoms with Gasteiger partial charge in [0.1, 0.15) is 23.0 Å². The van der Waals surface area contributed by atoms with Crippen molar-refractivity contribution < 1.29 is 33.2 Å². The topological polar surface area (TPSA) is 72.5 Å². The van der Waals surface area contributed by atoms with E-state index in [-0.39, 0.29) is 11.7 Å². The summed E-state index contributed by atoms with van der Waals surface area (Å²) >= 11 is 0. The number of methoxy groups -OCH3 is 2. The van der Waals surface area contributed by atoms with Gasteiger partial charge in [-0.2, -0.15) is 0 Å². The summed E-state index contributed by atoms with van der Waals surface area (Å²) in [4.78, 5) is 12.7. The summed E-state index contributed by atoms with van der Waals surface area (Å²) in [5.74, 6) is 4.24. The molecule has 0 unspecified atom stereocenters. The second-order valence-corrected chi connectivity index (χ2v) is 25.4. The van der Waals surface area contributed by atoms with Gasteiger partial charge in [0.15, 0.2) is 0 Å². The Morgan fingerprint density at radius 3 is 1.21 bits per heavy atom. The van der Waals surface area contributed by atoms with Crippen LogP contribution in [0.2, 0.25) is 0 Å². The standard InChI is InChI=1S/C39H34O2.C32H34O2.C16H16O3/c1-2-3-8-27-13-15-28(16-14-27)29-17-19-30(20-18-29)33-25-40-36-23-21-31-9-4-6-11-34(31)38(36)39-35-12-7-5-10-32(35)22-24-37(39)41-26-33;1-2-7-22-12-14-23(15-13-22)26-20-33-29-18-16-24-8-3-5-10-27(24)31(29)32-28-11-6-4-9-25(28)17-19-30(32)34-21-26;1-18-16(19-2,14-11-7-4-8-12-14)15(17)13-9-5-3-6-10-13/h4-7,9-24,33H,2-3,8,25-26H2,1H3;3-6,8-11,16-19,22-23,26H,2,7,12-15,20-21H2,1H3;3-12H,1-2H3. The van der Waals surface area contributed by atoms with E-state index in [0.29, 0.717) is 36.2 Å². The number of aryl methyl sites for hydroxylation is 1. The van der Waals surface area contributed by atoms with Gasteiger partial charge in [-0.25, -0.2) is 0 Å². The minimum absolute atomic E-state index is 0.0946. The maximum Gasteiger partial charge on any atom is 0.260 e. The van der Waals surface area contributed by atoms with E-state index in [1.807, 2.05) is 48.5 Å². The molecule has 0 saturated heterocycles. The highest BCUT2D eigenvalue weighted by Crippen LogP contribution is 2.49. The quantitative estimate of drug-likeness (QED) is 0.0841. The molecule has 0 amide bonds. The Morgan fingerprint density at radius 1 is 0.404 bits per heavy atom. The third-order valence-electron chi connectivity index (χ3n) is 19.7. The van der Waals surface area contributed by atoms with Gasteiger partial charge in [-0.1, -0.05) is 276 Å². The van der Waals surface area contributed by atoms with Crippen molar-refractivity contribution in [1.29, 1.82) is 0 Å². The Hall–Kier alpha value is -9.53. The lowest BCUT2D eigenvalue weighted by Gasteiger charge is -2.33. The van der Waals surface area contributed by atoms with Crippen molar-refractivity contribution in [3.05, 3.63) is 277 Å².